The third-order valence-corrected chi connectivity index (χ3v) is 3.82. The van der Waals surface area contributed by atoms with Crippen LogP contribution in [0.4, 0.5) is 0 Å². The molecule has 14 heavy (non-hydrogen) atoms. The van der Waals surface area contributed by atoms with Crippen LogP contribution in [0.25, 0.3) is 0 Å². The minimum absolute atomic E-state index is 0.233. The van der Waals surface area contributed by atoms with Crippen molar-refractivity contribution in [2.45, 2.75) is 19.3 Å². The maximum absolute atomic E-state index is 10.9. The van der Waals surface area contributed by atoms with E-state index in [1.54, 1.807) is 6.92 Å². The third kappa shape index (κ3) is 2.18. The molecule has 1 fully saturated rings. The van der Waals surface area contributed by atoms with Crippen LogP contribution in [0.2, 0.25) is 0 Å². The lowest BCUT2D eigenvalue weighted by Gasteiger charge is -2.25. The maximum Gasteiger partial charge on any atom is 0.134 e. The molecule has 1 aromatic carbocycles. The van der Waals surface area contributed by atoms with Gasteiger partial charge >= 0.3 is 0 Å². The van der Waals surface area contributed by atoms with E-state index >= 15 is 0 Å². The third-order valence-electron chi connectivity index (χ3n) is 2.54. The lowest BCUT2D eigenvalue weighted by molar-refractivity contribution is -0.116. The molecule has 1 aromatic rings. The van der Waals surface area contributed by atoms with Gasteiger partial charge in [0.1, 0.15) is 5.78 Å². The molecule has 2 rings (SSSR count). The molecule has 0 spiro atoms. The molecule has 0 N–H and O–H groups in total. The highest BCUT2D eigenvalue weighted by Crippen LogP contribution is 2.33. The average molecular weight is 206 g/mol. The number of hydrogen-bond acceptors (Lipinski definition) is 2. The minimum Gasteiger partial charge on any atom is -0.300 e. The van der Waals surface area contributed by atoms with E-state index in [0.717, 1.165) is 11.5 Å². The summed E-state index contributed by atoms with van der Waals surface area (Å²) in [5.74, 6) is 3.50. The lowest BCUT2D eigenvalue weighted by Crippen LogP contribution is -2.15. The summed E-state index contributed by atoms with van der Waals surface area (Å²) in [6.45, 7) is 1.64. The summed E-state index contributed by atoms with van der Waals surface area (Å²) in [4.78, 5) is 10.9. The van der Waals surface area contributed by atoms with Gasteiger partial charge < -0.3 is 0 Å². The number of Topliss-reactive ketones (excluding diaryl/α,β-unsaturated/α-hetero) is 1. The highest BCUT2D eigenvalue weighted by molar-refractivity contribution is 8.00. The highest BCUT2D eigenvalue weighted by atomic mass is 32.2. The number of carbonyl (C=O) groups is 1. The van der Waals surface area contributed by atoms with Crippen LogP contribution >= 0.6 is 11.8 Å². The van der Waals surface area contributed by atoms with Crippen LogP contribution in [0.3, 0.4) is 0 Å². The number of hydrogen-bond donors (Lipinski definition) is 0. The fraction of sp³-hybridized carbons (Fsp3) is 0.417. The van der Waals surface area contributed by atoms with Crippen molar-refractivity contribution >= 4 is 17.5 Å². The largest absolute Gasteiger partial charge is 0.300 e. The van der Waals surface area contributed by atoms with Gasteiger partial charge in [-0.2, -0.15) is 11.8 Å². The van der Waals surface area contributed by atoms with Gasteiger partial charge in [0.2, 0.25) is 0 Å². The van der Waals surface area contributed by atoms with Crippen molar-refractivity contribution in [2.24, 2.45) is 0 Å². The van der Waals surface area contributed by atoms with E-state index in [1.807, 2.05) is 11.8 Å². The van der Waals surface area contributed by atoms with Crippen molar-refractivity contribution < 1.29 is 4.79 Å². The molecule has 1 nitrogen and oxygen atoms in total. The van der Waals surface area contributed by atoms with E-state index in [2.05, 4.69) is 24.3 Å². The Morgan fingerprint density at radius 1 is 1.36 bits per heavy atom. The van der Waals surface area contributed by atoms with Crippen LogP contribution in [0.15, 0.2) is 24.3 Å². The Kier molecular flexibility index (Phi) is 2.92. The van der Waals surface area contributed by atoms with E-state index < -0.39 is 0 Å². The monoisotopic (exact) mass is 206 g/mol. The summed E-state index contributed by atoms with van der Waals surface area (Å²) in [5, 5.41) is 0. The number of rotatable bonds is 3. The summed E-state index contributed by atoms with van der Waals surface area (Å²) >= 11 is 2.00. The van der Waals surface area contributed by atoms with Gasteiger partial charge in [-0.25, -0.2) is 0 Å². The molecule has 0 atom stereocenters. The zero-order chi connectivity index (χ0) is 9.97. The molecular weight excluding hydrogens is 192 g/mol. The Balaban J connectivity index is 2.05. The molecule has 1 aliphatic rings. The first-order valence-corrected chi connectivity index (χ1v) is 6.07. The first-order chi connectivity index (χ1) is 6.75. The SMILES string of the molecule is CC(=O)Cc1ccc(C2CSC2)cc1. The van der Waals surface area contributed by atoms with Crippen LogP contribution in [-0.4, -0.2) is 17.3 Å². The van der Waals surface area contributed by atoms with Crippen molar-refractivity contribution in [1.82, 2.24) is 0 Å². The number of thioether (sulfide) groups is 1. The molecule has 1 heterocycles. The van der Waals surface area contributed by atoms with Gasteiger partial charge in [-0.15, -0.1) is 0 Å². The molecule has 1 saturated heterocycles. The Bertz CT molecular complexity index is 325. The molecule has 0 amide bonds. The Morgan fingerprint density at radius 3 is 2.43 bits per heavy atom. The summed E-state index contributed by atoms with van der Waals surface area (Å²) < 4.78 is 0. The van der Waals surface area contributed by atoms with Crippen molar-refractivity contribution in [1.29, 1.82) is 0 Å². The van der Waals surface area contributed by atoms with Crippen molar-refractivity contribution in [3.63, 3.8) is 0 Å². The minimum atomic E-state index is 0.233. The Labute approximate surface area is 88.9 Å². The van der Waals surface area contributed by atoms with Gasteiger partial charge in [0.15, 0.2) is 0 Å². The summed E-state index contributed by atoms with van der Waals surface area (Å²) in [6, 6.07) is 8.50. The molecule has 2 heteroatoms. The predicted octanol–water partition coefficient (Wildman–Crippen LogP) is 2.65. The van der Waals surface area contributed by atoms with Gasteiger partial charge in [0.25, 0.3) is 0 Å². The first-order valence-electron chi connectivity index (χ1n) is 4.92. The fourth-order valence-electron chi connectivity index (χ4n) is 1.62. The summed E-state index contributed by atoms with van der Waals surface area (Å²) in [6.07, 6.45) is 0.569. The molecule has 0 bridgehead atoms. The molecule has 0 aliphatic carbocycles. The van der Waals surface area contributed by atoms with E-state index in [4.69, 9.17) is 0 Å². The Hall–Kier alpha value is -0.760. The second-order valence-electron chi connectivity index (χ2n) is 3.85. The molecule has 0 aromatic heterocycles. The van der Waals surface area contributed by atoms with Crippen LogP contribution in [0.5, 0.6) is 0 Å². The zero-order valence-corrected chi connectivity index (χ0v) is 9.14. The standard InChI is InChI=1S/C12H14OS/c1-9(13)6-10-2-4-11(5-3-10)12-7-14-8-12/h2-5,12H,6-8H2,1H3. The van der Waals surface area contributed by atoms with Crippen LogP contribution in [-0.2, 0) is 11.2 Å². The number of ketones is 1. The molecule has 0 unspecified atom stereocenters. The molecule has 0 saturated carbocycles. The molecule has 0 radical (unpaired) electrons. The predicted molar refractivity (Wildman–Crippen MR) is 60.9 cm³/mol. The van der Waals surface area contributed by atoms with E-state index in [9.17, 15) is 4.79 Å². The second kappa shape index (κ2) is 4.18. The normalized spacial score (nSPS) is 16.4. The van der Waals surface area contributed by atoms with Crippen molar-refractivity contribution in [3.05, 3.63) is 35.4 Å². The smallest absolute Gasteiger partial charge is 0.134 e. The number of benzene rings is 1. The van der Waals surface area contributed by atoms with Gasteiger partial charge in [0, 0.05) is 23.8 Å². The van der Waals surface area contributed by atoms with Crippen molar-refractivity contribution in [3.8, 4) is 0 Å². The van der Waals surface area contributed by atoms with E-state index in [-0.39, 0.29) is 5.78 Å². The van der Waals surface area contributed by atoms with Gasteiger partial charge in [-0.3, -0.25) is 4.79 Å². The lowest BCUT2D eigenvalue weighted by atomic mass is 9.99. The summed E-state index contributed by atoms with van der Waals surface area (Å²) in [7, 11) is 0. The van der Waals surface area contributed by atoms with Crippen LogP contribution in [0.1, 0.15) is 24.0 Å². The molecule has 74 valence electrons. The average Bonchev–Trinajstić information content (AvgIpc) is 2.04. The van der Waals surface area contributed by atoms with Crippen LogP contribution < -0.4 is 0 Å². The molecular formula is C12H14OS. The van der Waals surface area contributed by atoms with E-state index in [0.29, 0.717) is 6.42 Å². The topological polar surface area (TPSA) is 17.1 Å². The van der Waals surface area contributed by atoms with E-state index in [1.165, 1.54) is 17.1 Å². The van der Waals surface area contributed by atoms with Gasteiger partial charge in [-0.05, 0) is 18.1 Å². The fourth-order valence-corrected chi connectivity index (χ4v) is 2.48. The summed E-state index contributed by atoms with van der Waals surface area (Å²) in [5.41, 5.74) is 2.56. The van der Waals surface area contributed by atoms with Gasteiger partial charge in [-0.1, -0.05) is 24.3 Å². The quantitative estimate of drug-likeness (QED) is 0.756. The first kappa shape index (κ1) is 9.78. The van der Waals surface area contributed by atoms with Crippen molar-refractivity contribution in [2.75, 3.05) is 11.5 Å². The molecule has 1 aliphatic heterocycles. The number of carbonyl (C=O) groups excluding carboxylic acids is 1. The maximum atomic E-state index is 10.9. The van der Waals surface area contributed by atoms with Gasteiger partial charge in [0.05, 0.1) is 0 Å². The zero-order valence-electron chi connectivity index (χ0n) is 8.32. The van der Waals surface area contributed by atoms with Crippen LogP contribution in [0, 0.1) is 0 Å². The second-order valence-corrected chi connectivity index (χ2v) is 4.93. The Morgan fingerprint density at radius 2 is 2.00 bits per heavy atom. The highest BCUT2D eigenvalue weighted by Gasteiger charge is 2.19.